The number of fused-ring (bicyclic) bond motifs is 1. The van der Waals surface area contributed by atoms with Gasteiger partial charge in [0.05, 0.1) is 11.9 Å². The molecule has 0 aromatic carbocycles. The maximum absolute atomic E-state index is 12.1. The minimum absolute atomic E-state index is 0.189. The van der Waals surface area contributed by atoms with Gasteiger partial charge in [-0.15, -0.1) is 11.3 Å². The molecule has 3 amide bonds. The predicted octanol–water partition coefficient (Wildman–Crippen LogP) is 2.95. The Kier molecular flexibility index (Phi) is 6.21. The van der Waals surface area contributed by atoms with Crippen molar-refractivity contribution in [3.63, 3.8) is 0 Å². The van der Waals surface area contributed by atoms with Crippen molar-refractivity contribution in [2.24, 2.45) is 0 Å². The number of likely N-dealkylation sites (N-methyl/N-ethyl adjacent to an activating group) is 1. The van der Waals surface area contributed by atoms with E-state index in [0.717, 1.165) is 49.6 Å². The number of urea groups is 1. The van der Waals surface area contributed by atoms with Gasteiger partial charge in [0.2, 0.25) is 0 Å². The smallest absolute Gasteiger partial charge is 0.326 e. The highest BCUT2D eigenvalue weighted by Crippen LogP contribution is 2.34. The van der Waals surface area contributed by atoms with Crippen LogP contribution in [0.4, 0.5) is 10.6 Å². The van der Waals surface area contributed by atoms with Crippen LogP contribution in [0.3, 0.4) is 0 Å². The molecule has 2 aliphatic heterocycles. The van der Waals surface area contributed by atoms with Crippen LogP contribution in [-0.2, 0) is 4.79 Å². The Labute approximate surface area is 219 Å². The Balaban J connectivity index is 1.29. The molecule has 3 aliphatic rings. The monoisotopic (exact) mass is 520 g/mol. The number of nitrogens with zero attached hydrogens (tertiary/aromatic N) is 5. The van der Waals surface area contributed by atoms with Gasteiger partial charge in [-0.25, -0.2) is 9.78 Å². The molecule has 0 spiro atoms. The molecule has 2 unspecified atom stereocenters. The van der Waals surface area contributed by atoms with Gasteiger partial charge < -0.3 is 20.4 Å². The summed E-state index contributed by atoms with van der Waals surface area (Å²) in [5.74, 6) is 0.857. The van der Waals surface area contributed by atoms with Crippen LogP contribution < -0.4 is 16.0 Å². The number of amides is 3. The number of carbonyl (C=O) groups excluding carboxylic acids is 2. The van der Waals surface area contributed by atoms with Gasteiger partial charge in [-0.1, -0.05) is 6.92 Å². The van der Waals surface area contributed by atoms with Crippen LogP contribution in [0, 0.1) is 0 Å². The van der Waals surface area contributed by atoms with Gasteiger partial charge in [-0.3, -0.25) is 10.1 Å². The van der Waals surface area contributed by atoms with Crippen molar-refractivity contribution in [1.29, 1.82) is 0 Å². The van der Waals surface area contributed by atoms with Gasteiger partial charge in [-0.2, -0.15) is 9.61 Å². The van der Waals surface area contributed by atoms with Crippen molar-refractivity contribution in [3.05, 3.63) is 39.8 Å². The van der Waals surface area contributed by atoms with E-state index in [1.54, 1.807) is 28.1 Å². The molecule has 6 rings (SSSR count). The van der Waals surface area contributed by atoms with Crippen molar-refractivity contribution in [2.75, 3.05) is 39.0 Å². The van der Waals surface area contributed by atoms with E-state index in [2.05, 4.69) is 69.4 Å². The molecule has 11 heteroatoms. The predicted molar refractivity (Wildman–Crippen MR) is 145 cm³/mol. The molecule has 1 aliphatic carbocycles. The van der Waals surface area contributed by atoms with E-state index in [-0.39, 0.29) is 5.70 Å². The third-order valence-electron chi connectivity index (χ3n) is 7.36. The van der Waals surface area contributed by atoms with Crippen LogP contribution in [0.15, 0.2) is 29.4 Å². The molecule has 3 aromatic heterocycles. The molecular weight excluding hydrogens is 488 g/mol. The Morgan fingerprint density at radius 1 is 1.24 bits per heavy atom. The van der Waals surface area contributed by atoms with E-state index in [9.17, 15) is 9.59 Å². The highest BCUT2D eigenvalue weighted by atomic mass is 32.1. The summed E-state index contributed by atoms with van der Waals surface area (Å²) >= 11 is 1.78. The van der Waals surface area contributed by atoms with E-state index in [4.69, 9.17) is 4.98 Å². The zero-order chi connectivity index (χ0) is 25.7. The van der Waals surface area contributed by atoms with Crippen molar-refractivity contribution in [3.8, 4) is 11.3 Å². The number of hydrogen-bond donors (Lipinski definition) is 3. The molecule has 5 heterocycles. The standard InChI is InChI=1S/C26H32N8O2S/c1-15(12-33-7-6-19(13-33)32(2)3)22-9-17(14-37-22)20-10-23(28-18-4-5-18)34-24(29-20)16(11-27-34)8-21-25(35)31-26(36)30-21/h8-11,14-15,18-19,28H,4-7,12-13H2,1-3H3,(H2,30,31,35,36)/b21-8-. The molecular formula is C26H32N8O2S. The highest BCUT2D eigenvalue weighted by Gasteiger charge is 2.27. The second-order valence-corrected chi connectivity index (χ2v) is 11.5. The van der Waals surface area contributed by atoms with E-state index < -0.39 is 11.9 Å². The van der Waals surface area contributed by atoms with Gasteiger partial charge in [0.25, 0.3) is 5.91 Å². The summed E-state index contributed by atoms with van der Waals surface area (Å²) in [6, 6.07) is 4.87. The number of hydrogen-bond acceptors (Lipinski definition) is 8. The number of rotatable bonds is 8. The highest BCUT2D eigenvalue weighted by molar-refractivity contribution is 7.10. The third kappa shape index (κ3) is 4.98. The van der Waals surface area contributed by atoms with Crippen LogP contribution in [0.25, 0.3) is 23.0 Å². The second-order valence-electron chi connectivity index (χ2n) is 10.6. The molecule has 37 heavy (non-hydrogen) atoms. The maximum Gasteiger partial charge on any atom is 0.326 e. The molecule has 0 radical (unpaired) electrons. The van der Waals surface area contributed by atoms with Gasteiger partial charge >= 0.3 is 6.03 Å². The summed E-state index contributed by atoms with van der Waals surface area (Å²) in [6.45, 7) is 5.64. The van der Waals surface area contributed by atoms with E-state index >= 15 is 0 Å². The first kappa shape index (κ1) is 24.1. The molecule has 3 N–H and O–H groups in total. The lowest BCUT2D eigenvalue weighted by atomic mass is 10.1. The van der Waals surface area contributed by atoms with Gasteiger partial charge in [0.1, 0.15) is 11.5 Å². The summed E-state index contributed by atoms with van der Waals surface area (Å²) in [6.07, 6.45) is 6.79. The molecule has 3 aromatic rings. The number of thiophene rings is 1. The minimum Gasteiger partial charge on any atom is -0.367 e. The summed E-state index contributed by atoms with van der Waals surface area (Å²) < 4.78 is 1.77. The molecule has 0 bridgehead atoms. The van der Waals surface area contributed by atoms with E-state index in [1.807, 2.05) is 0 Å². The van der Waals surface area contributed by atoms with Crippen LogP contribution in [0.5, 0.6) is 0 Å². The lowest BCUT2D eigenvalue weighted by molar-refractivity contribution is -0.115. The van der Waals surface area contributed by atoms with Crippen LogP contribution in [-0.4, -0.2) is 82.1 Å². The van der Waals surface area contributed by atoms with Crippen LogP contribution in [0.1, 0.15) is 42.5 Å². The zero-order valence-electron chi connectivity index (χ0n) is 21.3. The lowest BCUT2D eigenvalue weighted by Gasteiger charge is -2.22. The second kappa shape index (κ2) is 9.55. The first-order valence-corrected chi connectivity index (χ1v) is 13.7. The number of aromatic nitrogens is 3. The Morgan fingerprint density at radius 3 is 2.78 bits per heavy atom. The minimum atomic E-state index is -0.524. The fraction of sp³-hybridized carbons (Fsp3) is 0.462. The van der Waals surface area contributed by atoms with E-state index in [0.29, 0.717) is 29.2 Å². The first-order chi connectivity index (χ1) is 17.8. The maximum atomic E-state index is 12.1. The number of imide groups is 1. The van der Waals surface area contributed by atoms with Crippen molar-refractivity contribution < 1.29 is 9.59 Å². The fourth-order valence-electron chi connectivity index (χ4n) is 5.03. The summed E-state index contributed by atoms with van der Waals surface area (Å²) in [7, 11) is 4.33. The fourth-order valence-corrected chi connectivity index (χ4v) is 5.98. The quantitative estimate of drug-likeness (QED) is 0.310. The molecule has 3 fully saturated rings. The Morgan fingerprint density at radius 2 is 2.08 bits per heavy atom. The number of likely N-dealkylation sites (tertiary alicyclic amines) is 1. The molecule has 2 saturated heterocycles. The first-order valence-electron chi connectivity index (χ1n) is 12.8. The summed E-state index contributed by atoms with van der Waals surface area (Å²) in [5.41, 5.74) is 3.43. The van der Waals surface area contributed by atoms with Crippen LogP contribution >= 0.6 is 11.3 Å². The van der Waals surface area contributed by atoms with Crippen LogP contribution in [0.2, 0.25) is 0 Å². The van der Waals surface area contributed by atoms with Crippen molar-refractivity contribution in [2.45, 2.75) is 44.2 Å². The topological polar surface area (TPSA) is 107 Å². The molecule has 2 atom stereocenters. The molecule has 194 valence electrons. The normalized spacial score (nSPS) is 22.3. The summed E-state index contributed by atoms with van der Waals surface area (Å²) in [4.78, 5) is 34.8. The van der Waals surface area contributed by atoms with Crippen molar-refractivity contribution >= 4 is 40.8 Å². The zero-order valence-corrected chi connectivity index (χ0v) is 22.1. The van der Waals surface area contributed by atoms with Gasteiger partial charge in [0.15, 0.2) is 5.65 Å². The average molecular weight is 521 g/mol. The number of carbonyl (C=O) groups is 2. The number of nitrogens with one attached hydrogen (secondary N) is 3. The van der Waals surface area contributed by atoms with Gasteiger partial charge in [-0.05, 0) is 52.0 Å². The van der Waals surface area contributed by atoms with Crippen molar-refractivity contribution in [1.82, 2.24) is 35.0 Å². The van der Waals surface area contributed by atoms with Gasteiger partial charge in [0, 0.05) is 58.5 Å². The lowest BCUT2D eigenvalue weighted by Crippen LogP contribution is -2.32. The molecule has 1 saturated carbocycles. The third-order valence-corrected chi connectivity index (χ3v) is 8.52. The SMILES string of the molecule is CC(CN1CCC(N(C)C)C1)c1cc(-c2cc(NC3CC3)n3ncc(/C=C4\NC(=O)NC4=O)c3n2)cs1. The number of anilines is 1. The Hall–Kier alpha value is -3.28. The largest absolute Gasteiger partial charge is 0.367 e. The summed E-state index contributed by atoms with van der Waals surface area (Å²) in [5, 5.41) is 15.0. The molecule has 10 nitrogen and oxygen atoms in total. The average Bonchev–Trinajstić information content (AvgIpc) is 3.25. The Bertz CT molecular complexity index is 1390. The van der Waals surface area contributed by atoms with E-state index in [1.165, 1.54) is 11.3 Å².